The maximum atomic E-state index is 11.2. The van der Waals surface area contributed by atoms with Crippen LogP contribution in [0, 0.1) is 0 Å². The molecule has 10 heteroatoms. The number of aliphatic hydroxyl groups is 1. The number of fused-ring (bicyclic) bond motifs is 1. The molecule has 1 aromatic carbocycles. The molecule has 1 aliphatic heterocycles. The summed E-state index contributed by atoms with van der Waals surface area (Å²) < 4.78 is 6.92. The fraction of sp³-hybridized carbons (Fsp3) is 0.464. The predicted molar refractivity (Wildman–Crippen MR) is 157 cm³/mol. The van der Waals surface area contributed by atoms with Crippen LogP contribution in [0.4, 0.5) is 5.69 Å². The van der Waals surface area contributed by atoms with Crippen molar-refractivity contribution in [3.63, 3.8) is 0 Å². The molecule has 3 aromatic rings. The van der Waals surface area contributed by atoms with Gasteiger partial charge < -0.3 is 25.4 Å². The number of amides is 1. The standard InChI is InChI=1S/C15H19NO2S.C8H16N2O2.C5H4OS/c1-5-10-6-13-11(7-12(10)16-4)15(18-9(2)3)14(8-17)19-13;1-9-7-2-4-10(5-3-7)8(12)6-11;6-3-5-1-2-7-4-5/h6-9,16H,5H2,1-4H3;7,9,11H,2-6H2,1H3;1-4H. The molecule has 0 unspecified atom stereocenters. The van der Waals surface area contributed by atoms with Gasteiger partial charge in [-0.15, -0.1) is 11.3 Å². The van der Waals surface area contributed by atoms with E-state index in [-0.39, 0.29) is 18.6 Å². The van der Waals surface area contributed by atoms with Crippen molar-refractivity contribution < 1.29 is 24.2 Å². The van der Waals surface area contributed by atoms with E-state index >= 15 is 0 Å². The molecule has 0 saturated carbocycles. The Morgan fingerprint density at radius 2 is 1.92 bits per heavy atom. The van der Waals surface area contributed by atoms with E-state index in [0.29, 0.717) is 16.7 Å². The van der Waals surface area contributed by atoms with Crippen molar-refractivity contribution in [3.8, 4) is 5.75 Å². The highest BCUT2D eigenvalue weighted by Crippen LogP contribution is 2.40. The van der Waals surface area contributed by atoms with Crippen LogP contribution in [0.15, 0.2) is 29.0 Å². The van der Waals surface area contributed by atoms with Crippen molar-refractivity contribution in [2.75, 3.05) is 39.1 Å². The topological polar surface area (TPSA) is 108 Å². The van der Waals surface area contributed by atoms with Crippen LogP contribution in [0.2, 0.25) is 0 Å². The van der Waals surface area contributed by atoms with E-state index in [1.165, 1.54) is 28.2 Å². The van der Waals surface area contributed by atoms with Gasteiger partial charge in [-0.3, -0.25) is 14.4 Å². The van der Waals surface area contributed by atoms with Crippen molar-refractivity contribution in [2.24, 2.45) is 0 Å². The molecule has 1 amide bonds. The molecule has 3 N–H and O–H groups in total. The van der Waals surface area contributed by atoms with Gasteiger partial charge in [-0.1, -0.05) is 6.92 Å². The number of hydrogen-bond acceptors (Lipinski definition) is 9. The monoisotopic (exact) mass is 561 g/mol. The molecule has 1 saturated heterocycles. The first kappa shape index (κ1) is 31.4. The zero-order valence-corrected chi connectivity index (χ0v) is 24.4. The highest BCUT2D eigenvalue weighted by atomic mass is 32.1. The number of carbonyl (C=O) groups is 3. The molecule has 1 fully saturated rings. The molecule has 2 aromatic heterocycles. The number of aliphatic hydroxyl groups excluding tert-OH is 1. The number of piperidine rings is 1. The number of benzene rings is 1. The molecule has 0 atom stereocenters. The highest BCUT2D eigenvalue weighted by molar-refractivity contribution is 7.21. The van der Waals surface area contributed by atoms with Gasteiger partial charge in [0.1, 0.15) is 17.2 Å². The van der Waals surface area contributed by atoms with Gasteiger partial charge >= 0.3 is 0 Å². The third kappa shape index (κ3) is 8.90. The summed E-state index contributed by atoms with van der Waals surface area (Å²) in [5.74, 6) is 0.564. The van der Waals surface area contributed by atoms with E-state index in [9.17, 15) is 14.4 Å². The second kappa shape index (κ2) is 16.2. The van der Waals surface area contributed by atoms with Crippen LogP contribution in [0.25, 0.3) is 10.1 Å². The Balaban J connectivity index is 0.000000226. The normalized spacial score (nSPS) is 13.3. The Morgan fingerprint density at radius 3 is 2.37 bits per heavy atom. The van der Waals surface area contributed by atoms with Crippen LogP contribution < -0.4 is 15.4 Å². The number of anilines is 1. The average Bonchev–Trinajstić information content (AvgIpc) is 3.60. The second-order valence-corrected chi connectivity index (χ2v) is 10.8. The Kier molecular flexibility index (Phi) is 13.4. The summed E-state index contributed by atoms with van der Waals surface area (Å²) in [4.78, 5) is 34.5. The van der Waals surface area contributed by atoms with Gasteiger partial charge in [-0.05, 0) is 69.3 Å². The minimum Gasteiger partial charge on any atom is -0.489 e. The average molecular weight is 562 g/mol. The largest absolute Gasteiger partial charge is 0.489 e. The van der Waals surface area contributed by atoms with E-state index in [4.69, 9.17) is 9.84 Å². The quantitative estimate of drug-likeness (QED) is 0.337. The maximum absolute atomic E-state index is 11.2. The van der Waals surface area contributed by atoms with Gasteiger partial charge in [0.05, 0.1) is 6.10 Å². The molecule has 208 valence electrons. The van der Waals surface area contributed by atoms with Gasteiger partial charge in [0.2, 0.25) is 5.91 Å². The van der Waals surface area contributed by atoms with Crippen LogP contribution in [0.5, 0.6) is 5.75 Å². The first-order valence-corrected chi connectivity index (χ1v) is 14.5. The van der Waals surface area contributed by atoms with Crippen LogP contribution >= 0.6 is 22.7 Å². The summed E-state index contributed by atoms with van der Waals surface area (Å²) in [6.45, 7) is 7.25. The number of ether oxygens (including phenoxy) is 1. The number of nitrogens with zero attached hydrogens (tertiary/aromatic N) is 1. The van der Waals surface area contributed by atoms with Crippen LogP contribution in [0.3, 0.4) is 0 Å². The number of carbonyl (C=O) groups excluding carboxylic acids is 3. The Morgan fingerprint density at radius 1 is 1.21 bits per heavy atom. The van der Waals surface area contributed by atoms with Crippen molar-refractivity contribution in [1.29, 1.82) is 0 Å². The summed E-state index contributed by atoms with van der Waals surface area (Å²) in [7, 11) is 3.85. The number of aldehydes is 2. The van der Waals surface area contributed by atoms with Crippen LogP contribution in [-0.4, -0.2) is 74.4 Å². The number of likely N-dealkylation sites (tertiary alicyclic amines) is 1. The fourth-order valence-electron chi connectivity index (χ4n) is 4.00. The van der Waals surface area contributed by atoms with Crippen molar-refractivity contribution in [3.05, 3.63) is 45.0 Å². The zero-order chi connectivity index (χ0) is 28.1. The molecule has 0 aliphatic carbocycles. The van der Waals surface area contributed by atoms with Gasteiger partial charge in [0.25, 0.3) is 0 Å². The molecular weight excluding hydrogens is 522 g/mol. The summed E-state index contributed by atoms with van der Waals surface area (Å²) >= 11 is 3.03. The number of rotatable bonds is 8. The van der Waals surface area contributed by atoms with Crippen molar-refractivity contribution >= 4 is 56.9 Å². The van der Waals surface area contributed by atoms with Crippen LogP contribution in [-0.2, 0) is 11.2 Å². The van der Waals surface area contributed by atoms with Gasteiger partial charge in [-0.25, -0.2) is 0 Å². The summed E-state index contributed by atoms with van der Waals surface area (Å²) in [5.41, 5.74) is 3.12. The maximum Gasteiger partial charge on any atom is 0.248 e. The van der Waals surface area contributed by atoms with E-state index in [1.807, 2.05) is 38.7 Å². The zero-order valence-electron chi connectivity index (χ0n) is 22.8. The van der Waals surface area contributed by atoms with Crippen LogP contribution in [0.1, 0.15) is 59.2 Å². The summed E-state index contributed by atoms with van der Waals surface area (Å²) in [5, 5.41) is 19.7. The smallest absolute Gasteiger partial charge is 0.248 e. The number of aryl methyl sites for hydroxylation is 1. The van der Waals surface area contributed by atoms with E-state index < -0.39 is 0 Å². The lowest BCUT2D eigenvalue weighted by atomic mass is 10.1. The Hall–Kier alpha value is -2.79. The lowest BCUT2D eigenvalue weighted by Crippen LogP contribution is -2.44. The van der Waals surface area contributed by atoms with E-state index in [0.717, 1.165) is 66.3 Å². The Bertz CT molecular complexity index is 1150. The van der Waals surface area contributed by atoms with Gasteiger partial charge in [-0.2, -0.15) is 11.3 Å². The van der Waals surface area contributed by atoms with E-state index in [1.54, 1.807) is 11.0 Å². The van der Waals surface area contributed by atoms with Gasteiger partial charge in [0, 0.05) is 52.9 Å². The SMILES string of the molecule is CCc1cc2sc(C=O)c(OC(C)C)c2cc1NC.CNC1CCN(C(=O)CO)CC1.O=Cc1ccsc1. The predicted octanol–water partition coefficient (Wildman–Crippen LogP) is 4.85. The molecule has 0 radical (unpaired) electrons. The molecule has 8 nitrogen and oxygen atoms in total. The lowest BCUT2D eigenvalue weighted by Gasteiger charge is -2.31. The molecule has 38 heavy (non-hydrogen) atoms. The lowest BCUT2D eigenvalue weighted by molar-refractivity contribution is -0.135. The minimum absolute atomic E-state index is 0.0559. The first-order valence-electron chi connectivity index (χ1n) is 12.7. The highest BCUT2D eigenvalue weighted by Gasteiger charge is 2.20. The third-order valence-corrected chi connectivity index (χ3v) is 7.84. The van der Waals surface area contributed by atoms with Crippen molar-refractivity contribution in [2.45, 2.75) is 52.2 Å². The summed E-state index contributed by atoms with van der Waals surface area (Å²) in [6.07, 6.45) is 4.72. The molecule has 1 aliphatic rings. The minimum atomic E-state index is -0.357. The van der Waals surface area contributed by atoms with Gasteiger partial charge in [0.15, 0.2) is 12.6 Å². The first-order chi connectivity index (χ1) is 18.3. The molecule has 0 spiro atoms. The second-order valence-electron chi connectivity index (χ2n) is 8.97. The number of thiophene rings is 2. The van der Waals surface area contributed by atoms with E-state index in [2.05, 4.69) is 29.7 Å². The number of nitrogens with one attached hydrogen (secondary N) is 2. The number of hydrogen-bond donors (Lipinski definition) is 3. The summed E-state index contributed by atoms with van der Waals surface area (Å²) in [6, 6.07) is 6.55. The van der Waals surface area contributed by atoms with Crippen molar-refractivity contribution in [1.82, 2.24) is 10.2 Å². The fourth-order valence-corrected chi connectivity index (χ4v) is 5.61. The Labute approximate surface area is 233 Å². The molecule has 3 heterocycles. The third-order valence-electron chi connectivity index (χ3n) is 6.08. The molecule has 4 rings (SSSR count). The molecular formula is C28H39N3O5S2. The molecule has 0 bridgehead atoms.